The van der Waals surface area contributed by atoms with Crippen molar-refractivity contribution >= 4 is 34.1 Å². The predicted molar refractivity (Wildman–Crippen MR) is 71.3 cm³/mol. The van der Waals surface area contributed by atoms with Crippen molar-refractivity contribution in [2.75, 3.05) is 5.32 Å². The molecule has 0 saturated heterocycles. The van der Waals surface area contributed by atoms with E-state index in [1.807, 2.05) is 20.8 Å². The van der Waals surface area contributed by atoms with Gasteiger partial charge in [0.2, 0.25) is 0 Å². The largest absolute Gasteiger partial charge is 0.336 e. The summed E-state index contributed by atoms with van der Waals surface area (Å²) >= 11 is 1.48. The van der Waals surface area contributed by atoms with Gasteiger partial charge in [-0.3, -0.25) is 5.10 Å². The van der Waals surface area contributed by atoms with Gasteiger partial charge in [-0.15, -0.1) is 0 Å². The molecular formula is C11H12N6S. The number of H-pyrrole nitrogens is 1. The van der Waals surface area contributed by atoms with E-state index in [1.165, 1.54) is 17.9 Å². The second-order valence-electron chi connectivity index (χ2n) is 4.09. The number of hydrogen-bond acceptors (Lipinski definition) is 6. The highest BCUT2D eigenvalue weighted by atomic mass is 32.1. The van der Waals surface area contributed by atoms with Gasteiger partial charge >= 0.3 is 0 Å². The molecule has 92 valence electrons. The third kappa shape index (κ3) is 1.63. The second-order valence-corrected chi connectivity index (χ2v) is 5.07. The van der Waals surface area contributed by atoms with E-state index in [4.69, 9.17) is 0 Å². The standard InChI is InChI=1S/C11H12N6S/c1-5-9-10(16-15-5)11(13-4-12-9)14-8-6(2)17-18-7(8)3/h4H,1-3H3,(H,15,16)(H,12,13,14). The molecule has 0 aliphatic carbocycles. The van der Waals surface area contributed by atoms with Gasteiger partial charge in [-0.1, -0.05) is 0 Å². The van der Waals surface area contributed by atoms with Crippen LogP contribution >= 0.6 is 11.5 Å². The van der Waals surface area contributed by atoms with Gasteiger partial charge in [0.25, 0.3) is 0 Å². The van der Waals surface area contributed by atoms with Crippen LogP contribution in [0.5, 0.6) is 0 Å². The number of fused-ring (bicyclic) bond motifs is 1. The summed E-state index contributed by atoms with van der Waals surface area (Å²) in [6, 6.07) is 0. The SMILES string of the molecule is Cc1nsc(C)c1Nc1ncnc2c(C)[nH]nc12. The number of aromatic nitrogens is 5. The lowest BCUT2D eigenvalue weighted by atomic mass is 10.3. The Kier molecular flexibility index (Phi) is 2.48. The molecule has 0 spiro atoms. The minimum Gasteiger partial charge on any atom is -0.336 e. The normalized spacial score (nSPS) is 11.1. The third-order valence-corrected chi connectivity index (χ3v) is 3.63. The van der Waals surface area contributed by atoms with Gasteiger partial charge in [0.15, 0.2) is 11.3 Å². The lowest BCUT2D eigenvalue weighted by Gasteiger charge is -2.05. The Hall–Kier alpha value is -2.02. The number of nitrogens with one attached hydrogen (secondary N) is 2. The number of nitrogens with zero attached hydrogens (tertiary/aromatic N) is 4. The van der Waals surface area contributed by atoms with Gasteiger partial charge in [0, 0.05) is 4.88 Å². The Labute approximate surface area is 108 Å². The Morgan fingerprint density at radius 1 is 1.17 bits per heavy atom. The zero-order valence-electron chi connectivity index (χ0n) is 10.3. The van der Waals surface area contributed by atoms with Gasteiger partial charge in [-0.2, -0.15) is 9.47 Å². The summed E-state index contributed by atoms with van der Waals surface area (Å²) in [6.45, 7) is 5.94. The molecule has 0 unspecified atom stereocenters. The molecule has 0 saturated carbocycles. The molecular weight excluding hydrogens is 248 g/mol. The highest BCUT2D eigenvalue weighted by molar-refractivity contribution is 7.06. The summed E-state index contributed by atoms with van der Waals surface area (Å²) in [5, 5.41) is 10.4. The van der Waals surface area contributed by atoms with E-state index in [1.54, 1.807) is 0 Å². The van der Waals surface area contributed by atoms with E-state index in [0.717, 1.165) is 33.0 Å². The van der Waals surface area contributed by atoms with E-state index in [9.17, 15) is 0 Å². The molecule has 18 heavy (non-hydrogen) atoms. The van der Waals surface area contributed by atoms with Gasteiger partial charge in [0.1, 0.15) is 11.8 Å². The molecule has 0 atom stereocenters. The lowest BCUT2D eigenvalue weighted by Crippen LogP contribution is -1.97. The second kappa shape index (κ2) is 4.02. The monoisotopic (exact) mass is 260 g/mol. The minimum absolute atomic E-state index is 0.704. The summed E-state index contributed by atoms with van der Waals surface area (Å²) in [5.74, 6) is 0.704. The first-order valence-corrected chi connectivity index (χ1v) is 6.29. The van der Waals surface area contributed by atoms with Crippen LogP contribution in [0, 0.1) is 20.8 Å². The van der Waals surface area contributed by atoms with Crippen LogP contribution in [0.2, 0.25) is 0 Å². The fraction of sp³-hybridized carbons (Fsp3) is 0.273. The highest BCUT2D eigenvalue weighted by Crippen LogP contribution is 2.28. The van der Waals surface area contributed by atoms with Crippen LogP contribution in [-0.2, 0) is 0 Å². The predicted octanol–water partition coefficient (Wildman–Crippen LogP) is 2.48. The van der Waals surface area contributed by atoms with Crippen molar-refractivity contribution in [1.29, 1.82) is 0 Å². The van der Waals surface area contributed by atoms with Crippen molar-refractivity contribution in [3.8, 4) is 0 Å². The maximum absolute atomic E-state index is 4.31. The number of rotatable bonds is 2. The van der Waals surface area contributed by atoms with Crippen LogP contribution in [0.1, 0.15) is 16.3 Å². The van der Waals surface area contributed by atoms with Gasteiger partial charge in [-0.05, 0) is 32.3 Å². The van der Waals surface area contributed by atoms with Gasteiger partial charge < -0.3 is 5.32 Å². The summed E-state index contributed by atoms with van der Waals surface area (Å²) < 4.78 is 4.31. The Morgan fingerprint density at radius 3 is 2.72 bits per heavy atom. The van der Waals surface area contributed by atoms with E-state index in [-0.39, 0.29) is 0 Å². The molecule has 2 N–H and O–H groups in total. The first-order chi connectivity index (χ1) is 8.66. The van der Waals surface area contributed by atoms with Crippen LogP contribution in [-0.4, -0.2) is 24.5 Å². The van der Waals surface area contributed by atoms with Crippen molar-refractivity contribution in [2.24, 2.45) is 0 Å². The molecule has 0 fully saturated rings. The smallest absolute Gasteiger partial charge is 0.162 e. The molecule has 0 aliphatic heterocycles. The van der Waals surface area contributed by atoms with E-state index in [0.29, 0.717) is 5.82 Å². The third-order valence-electron chi connectivity index (χ3n) is 2.79. The molecule has 3 aromatic rings. The molecule has 0 radical (unpaired) electrons. The van der Waals surface area contributed by atoms with E-state index >= 15 is 0 Å². The first-order valence-electron chi connectivity index (χ1n) is 5.52. The first kappa shape index (κ1) is 11.1. The molecule has 3 aromatic heterocycles. The highest BCUT2D eigenvalue weighted by Gasteiger charge is 2.13. The van der Waals surface area contributed by atoms with Crippen LogP contribution in [0.15, 0.2) is 6.33 Å². The maximum Gasteiger partial charge on any atom is 0.162 e. The molecule has 0 aromatic carbocycles. The van der Waals surface area contributed by atoms with Crippen LogP contribution < -0.4 is 5.32 Å². The molecule has 0 amide bonds. The molecule has 6 nitrogen and oxygen atoms in total. The number of hydrogen-bond donors (Lipinski definition) is 2. The number of aromatic amines is 1. The van der Waals surface area contributed by atoms with Crippen molar-refractivity contribution in [3.63, 3.8) is 0 Å². The Balaban J connectivity index is 2.10. The minimum atomic E-state index is 0.704. The quantitative estimate of drug-likeness (QED) is 0.740. The van der Waals surface area contributed by atoms with Crippen molar-refractivity contribution < 1.29 is 0 Å². The average Bonchev–Trinajstić information content (AvgIpc) is 2.88. The number of anilines is 2. The molecule has 3 heterocycles. The molecule has 7 heteroatoms. The zero-order valence-corrected chi connectivity index (χ0v) is 11.1. The fourth-order valence-electron chi connectivity index (χ4n) is 1.82. The van der Waals surface area contributed by atoms with Crippen molar-refractivity contribution in [3.05, 3.63) is 22.6 Å². The summed E-state index contributed by atoms with van der Waals surface area (Å²) in [7, 11) is 0. The average molecular weight is 260 g/mol. The fourth-order valence-corrected chi connectivity index (χ4v) is 2.48. The van der Waals surface area contributed by atoms with E-state index < -0.39 is 0 Å². The Morgan fingerprint density at radius 2 is 2.00 bits per heavy atom. The van der Waals surface area contributed by atoms with Crippen LogP contribution in [0.4, 0.5) is 11.5 Å². The van der Waals surface area contributed by atoms with Crippen molar-refractivity contribution in [2.45, 2.75) is 20.8 Å². The summed E-state index contributed by atoms with van der Waals surface area (Å²) in [5.41, 5.74) is 4.50. The zero-order chi connectivity index (χ0) is 12.7. The van der Waals surface area contributed by atoms with Crippen LogP contribution in [0.25, 0.3) is 11.0 Å². The molecule has 0 aliphatic rings. The van der Waals surface area contributed by atoms with E-state index in [2.05, 4.69) is 29.9 Å². The molecule has 0 bridgehead atoms. The molecule has 3 rings (SSSR count). The summed E-state index contributed by atoms with van der Waals surface area (Å²) in [6.07, 6.45) is 1.54. The van der Waals surface area contributed by atoms with Crippen molar-refractivity contribution in [1.82, 2.24) is 24.5 Å². The lowest BCUT2D eigenvalue weighted by molar-refractivity contribution is 1.07. The topological polar surface area (TPSA) is 79.4 Å². The number of aryl methyl sites for hydroxylation is 3. The maximum atomic E-state index is 4.31. The van der Waals surface area contributed by atoms with Gasteiger partial charge in [-0.25, -0.2) is 9.97 Å². The van der Waals surface area contributed by atoms with Gasteiger partial charge in [0.05, 0.1) is 17.1 Å². The Bertz CT molecular complexity index is 694. The van der Waals surface area contributed by atoms with Crippen LogP contribution in [0.3, 0.4) is 0 Å². The summed E-state index contributed by atoms with van der Waals surface area (Å²) in [4.78, 5) is 9.60.